The molecular weight excluding hydrogens is 340 g/mol. The van der Waals surface area contributed by atoms with Crippen LogP contribution < -0.4 is 5.32 Å². The topological polar surface area (TPSA) is 92.5 Å². The largest absolute Gasteiger partial charge is 0.416 e. The minimum absolute atomic E-state index is 0.299. The molecule has 0 saturated heterocycles. The van der Waals surface area contributed by atoms with E-state index in [4.69, 9.17) is 28.3 Å². The van der Waals surface area contributed by atoms with Crippen molar-refractivity contribution in [2.45, 2.75) is 12.3 Å². The van der Waals surface area contributed by atoms with Crippen LogP contribution >= 0.6 is 23.2 Å². The van der Waals surface area contributed by atoms with Gasteiger partial charge < -0.3 is 10.4 Å². The number of rotatable bonds is 4. The SMILES string of the molecule is O=C(NCC(O)C(F)(F)F)c1cc(Cl)c(Cl)c([N+](=O)[O-])c1. The molecule has 11 heteroatoms. The van der Waals surface area contributed by atoms with Gasteiger partial charge in [0.1, 0.15) is 5.02 Å². The summed E-state index contributed by atoms with van der Waals surface area (Å²) in [6.07, 6.45) is -7.64. The molecule has 21 heavy (non-hydrogen) atoms. The highest BCUT2D eigenvalue weighted by molar-refractivity contribution is 6.43. The Hall–Kier alpha value is -1.58. The van der Waals surface area contributed by atoms with Gasteiger partial charge in [-0.2, -0.15) is 13.2 Å². The molecule has 0 saturated carbocycles. The second-order valence-electron chi connectivity index (χ2n) is 3.82. The first kappa shape index (κ1) is 17.5. The summed E-state index contributed by atoms with van der Waals surface area (Å²) >= 11 is 11.2. The Morgan fingerprint density at radius 2 is 2.00 bits per heavy atom. The zero-order valence-corrected chi connectivity index (χ0v) is 11.5. The number of halogens is 5. The smallest absolute Gasteiger partial charge is 0.382 e. The molecule has 0 aliphatic carbocycles. The van der Waals surface area contributed by atoms with Crippen LogP contribution in [-0.4, -0.2) is 34.8 Å². The van der Waals surface area contributed by atoms with Gasteiger partial charge in [-0.15, -0.1) is 0 Å². The Morgan fingerprint density at radius 1 is 1.43 bits per heavy atom. The molecule has 0 aliphatic heterocycles. The van der Waals surface area contributed by atoms with Crippen molar-refractivity contribution in [3.05, 3.63) is 37.9 Å². The average Bonchev–Trinajstić information content (AvgIpc) is 2.36. The zero-order valence-electron chi connectivity index (χ0n) is 9.95. The van der Waals surface area contributed by atoms with Crippen LogP contribution in [0.2, 0.25) is 10.0 Å². The Morgan fingerprint density at radius 3 is 2.48 bits per heavy atom. The lowest BCUT2D eigenvalue weighted by Gasteiger charge is -2.15. The molecule has 0 bridgehead atoms. The molecule has 1 aromatic rings. The van der Waals surface area contributed by atoms with Crippen molar-refractivity contribution in [1.82, 2.24) is 5.32 Å². The first-order valence-corrected chi connectivity index (χ1v) is 5.96. The number of alkyl halides is 3. The number of nitrogens with zero attached hydrogens (tertiary/aromatic N) is 1. The van der Waals surface area contributed by atoms with Gasteiger partial charge in [-0.25, -0.2) is 0 Å². The van der Waals surface area contributed by atoms with Gasteiger partial charge in [0.15, 0.2) is 6.10 Å². The van der Waals surface area contributed by atoms with Gasteiger partial charge in [0.25, 0.3) is 11.6 Å². The number of carbonyl (C=O) groups is 1. The van der Waals surface area contributed by atoms with E-state index in [1.54, 1.807) is 5.32 Å². The highest BCUT2D eigenvalue weighted by Gasteiger charge is 2.38. The monoisotopic (exact) mass is 346 g/mol. The minimum Gasteiger partial charge on any atom is -0.382 e. The number of nitrogens with one attached hydrogen (secondary N) is 1. The fourth-order valence-electron chi connectivity index (χ4n) is 1.25. The fourth-order valence-corrected chi connectivity index (χ4v) is 1.64. The Bertz CT molecular complexity index is 580. The van der Waals surface area contributed by atoms with Gasteiger partial charge in [-0.05, 0) is 6.07 Å². The molecule has 116 valence electrons. The number of amides is 1. The summed E-state index contributed by atoms with van der Waals surface area (Å²) in [4.78, 5) is 21.4. The molecule has 0 spiro atoms. The summed E-state index contributed by atoms with van der Waals surface area (Å²) < 4.78 is 36.2. The number of aliphatic hydroxyl groups excluding tert-OH is 1. The van der Waals surface area contributed by atoms with Crippen molar-refractivity contribution in [1.29, 1.82) is 0 Å². The lowest BCUT2D eigenvalue weighted by molar-refractivity contribution is -0.384. The first-order chi connectivity index (χ1) is 9.54. The van der Waals surface area contributed by atoms with E-state index in [9.17, 15) is 28.1 Å². The van der Waals surface area contributed by atoms with Crippen LogP contribution in [0.3, 0.4) is 0 Å². The van der Waals surface area contributed by atoms with Crippen molar-refractivity contribution in [2.75, 3.05) is 6.54 Å². The molecule has 1 unspecified atom stereocenters. The van der Waals surface area contributed by atoms with E-state index in [1.807, 2.05) is 0 Å². The summed E-state index contributed by atoms with van der Waals surface area (Å²) in [7, 11) is 0. The molecule has 0 fully saturated rings. The van der Waals surface area contributed by atoms with Crippen molar-refractivity contribution in [2.24, 2.45) is 0 Å². The lowest BCUT2D eigenvalue weighted by atomic mass is 10.2. The summed E-state index contributed by atoms with van der Waals surface area (Å²) in [6.45, 7) is -1.10. The van der Waals surface area contributed by atoms with Crippen molar-refractivity contribution in [3.8, 4) is 0 Å². The number of hydrogen-bond acceptors (Lipinski definition) is 4. The van der Waals surface area contributed by atoms with Gasteiger partial charge >= 0.3 is 6.18 Å². The van der Waals surface area contributed by atoms with Crippen LogP contribution in [0.5, 0.6) is 0 Å². The summed E-state index contributed by atoms with van der Waals surface area (Å²) in [6, 6.07) is 1.73. The number of carbonyl (C=O) groups excluding carboxylic acids is 1. The number of hydrogen-bond donors (Lipinski definition) is 2. The van der Waals surface area contributed by atoms with Crippen LogP contribution in [0.25, 0.3) is 0 Å². The number of benzene rings is 1. The van der Waals surface area contributed by atoms with E-state index in [2.05, 4.69) is 0 Å². The average molecular weight is 347 g/mol. The van der Waals surface area contributed by atoms with Crippen LogP contribution in [0, 0.1) is 10.1 Å². The molecule has 1 aromatic carbocycles. The Kier molecular flexibility index (Phi) is 5.37. The van der Waals surface area contributed by atoms with Crippen molar-refractivity contribution < 1.29 is 28.0 Å². The molecule has 1 atom stereocenters. The van der Waals surface area contributed by atoms with Gasteiger partial charge in [0.2, 0.25) is 0 Å². The lowest BCUT2D eigenvalue weighted by Crippen LogP contribution is -2.40. The second kappa shape index (κ2) is 6.46. The fraction of sp³-hybridized carbons (Fsp3) is 0.300. The molecule has 0 aliphatic rings. The van der Waals surface area contributed by atoms with Gasteiger partial charge in [-0.1, -0.05) is 23.2 Å². The van der Waals surface area contributed by atoms with E-state index in [0.717, 1.165) is 12.1 Å². The Balaban J connectivity index is 2.91. The normalized spacial score (nSPS) is 12.9. The van der Waals surface area contributed by atoms with Crippen LogP contribution in [0.15, 0.2) is 12.1 Å². The van der Waals surface area contributed by atoms with Crippen molar-refractivity contribution >= 4 is 34.8 Å². The zero-order chi connectivity index (χ0) is 16.4. The molecule has 0 aromatic heterocycles. The molecule has 1 amide bonds. The summed E-state index contributed by atoms with van der Waals surface area (Å²) in [5, 5.41) is 20.5. The molecule has 0 heterocycles. The second-order valence-corrected chi connectivity index (χ2v) is 4.60. The molecule has 0 radical (unpaired) electrons. The van der Waals surface area contributed by atoms with E-state index in [1.165, 1.54) is 0 Å². The van der Waals surface area contributed by atoms with Crippen molar-refractivity contribution in [3.63, 3.8) is 0 Å². The maximum atomic E-state index is 12.1. The molecule has 2 N–H and O–H groups in total. The minimum atomic E-state index is -4.89. The van der Waals surface area contributed by atoms with E-state index >= 15 is 0 Å². The first-order valence-electron chi connectivity index (χ1n) is 5.20. The maximum absolute atomic E-state index is 12.1. The predicted octanol–water partition coefficient (Wildman–Crippen LogP) is 2.55. The predicted molar refractivity (Wildman–Crippen MR) is 67.5 cm³/mol. The molecular formula is C10H7Cl2F3N2O4. The standard InChI is InChI=1S/C10H7Cl2F3N2O4/c11-5-1-4(2-6(8(5)12)17(20)21)9(19)16-3-7(18)10(13,14)15/h1-2,7,18H,3H2,(H,16,19). The number of nitro groups is 1. The van der Waals surface area contributed by atoms with E-state index < -0.39 is 40.4 Å². The third-order valence-corrected chi connectivity index (χ3v) is 3.09. The summed E-state index contributed by atoms with van der Waals surface area (Å²) in [5.41, 5.74) is -1.02. The Labute approximate surface area is 125 Å². The highest BCUT2D eigenvalue weighted by atomic mass is 35.5. The summed E-state index contributed by atoms with van der Waals surface area (Å²) in [5.74, 6) is -1.07. The highest BCUT2D eigenvalue weighted by Crippen LogP contribution is 2.33. The van der Waals surface area contributed by atoms with Gasteiger partial charge in [0.05, 0.1) is 16.5 Å². The maximum Gasteiger partial charge on any atom is 0.416 e. The van der Waals surface area contributed by atoms with Crippen LogP contribution in [0.1, 0.15) is 10.4 Å². The third kappa shape index (κ3) is 4.45. The number of nitro benzene ring substituents is 1. The molecule has 6 nitrogen and oxygen atoms in total. The van der Waals surface area contributed by atoms with Crippen LogP contribution in [-0.2, 0) is 0 Å². The van der Waals surface area contributed by atoms with E-state index in [-0.39, 0.29) is 10.6 Å². The quantitative estimate of drug-likeness (QED) is 0.647. The van der Waals surface area contributed by atoms with Crippen LogP contribution in [0.4, 0.5) is 18.9 Å². The van der Waals surface area contributed by atoms with Gasteiger partial charge in [-0.3, -0.25) is 14.9 Å². The van der Waals surface area contributed by atoms with E-state index in [0.29, 0.717) is 0 Å². The number of aliphatic hydroxyl groups is 1. The third-order valence-electron chi connectivity index (χ3n) is 2.30. The van der Waals surface area contributed by atoms with Gasteiger partial charge in [0, 0.05) is 11.6 Å². The molecule has 1 rings (SSSR count).